The van der Waals surface area contributed by atoms with E-state index in [2.05, 4.69) is 38.9 Å². The maximum Gasteiger partial charge on any atom is 0.293 e. The number of hydrogen-bond donors (Lipinski definition) is 1. The first-order valence-corrected chi connectivity index (χ1v) is 17.1. The Kier molecular flexibility index (Phi) is 9.34. The van der Waals surface area contributed by atoms with Crippen molar-refractivity contribution >= 4 is 33.3 Å². The van der Waals surface area contributed by atoms with Crippen LogP contribution >= 0.6 is 0 Å². The Morgan fingerprint density at radius 3 is 2.47 bits per heavy atom. The zero-order valence-electron chi connectivity index (χ0n) is 26.0. The first kappa shape index (κ1) is 31.9. The summed E-state index contributed by atoms with van der Waals surface area (Å²) in [6.07, 6.45) is 5.23. The van der Waals surface area contributed by atoms with Crippen LogP contribution in [0.3, 0.4) is 0 Å². The number of aryl methyl sites for hydroxylation is 2. The second-order valence-corrected chi connectivity index (χ2v) is 13.6. The predicted molar refractivity (Wildman–Crippen MR) is 177 cm³/mol. The van der Waals surface area contributed by atoms with Crippen LogP contribution in [0.25, 0.3) is 0 Å². The third-order valence-electron chi connectivity index (χ3n) is 8.73. The summed E-state index contributed by atoms with van der Waals surface area (Å²) in [5, 5.41) is 11.9. The number of carbonyl (C=O) groups is 1. The Morgan fingerprint density at radius 1 is 1.00 bits per heavy atom. The first-order valence-electron chi connectivity index (χ1n) is 15.6. The average molecular weight is 657 g/mol. The lowest BCUT2D eigenvalue weighted by Crippen LogP contribution is -2.36. The van der Waals surface area contributed by atoms with Crippen molar-refractivity contribution < 1.29 is 22.9 Å². The zero-order chi connectivity index (χ0) is 33.0. The van der Waals surface area contributed by atoms with Gasteiger partial charge in [0.25, 0.3) is 21.6 Å². The molecule has 4 aromatic rings. The molecule has 0 aliphatic carbocycles. The predicted octanol–water partition coefficient (Wildman–Crippen LogP) is 4.58. The number of piperidine rings is 1. The van der Waals surface area contributed by atoms with Gasteiger partial charge >= 0.3 is 0 Å². The molecule has 1 N–H and O–H groups in total. The van der Waals surface area contributed by atoms with Crippen LogP contribution in [-0.4, -0.2) is 62.5 Å². The van der Waals surface area contributed by atoms with E-state index >= 15 is 0 Å². The van der Waals surface area contributed by atoms with E-state index in [4.69, 9.17) is 9.72 Å². The highest BCUT2D eigenvalue weighted by atomic mass is 32.2. The van der Waals surface area contributed by atoms with Gasteiger partial charge in [-0.3, -0.25) is 14.9 Å². The Labute approximate surface area is 273 Å². The number of benzene rings is 3. The summed E-state index contributed by atoms with van der Waals surface area (Å²) in [6, 6.07) is 21.6. The molecule has 0 atom stereocenters. The average Bonchev–Trinajstić information content (AvgIpc) is 3.07. The number of carbonyl (C=O) groups excluding carboxylic acids is 1. The Hall–Kier alpha value is -5.04. The van der Waals surface area contributed by atoms with Crippen molar-refractivity contribution in [1.82, 2.24) is 14.7 Å². The highest BCUT2D eigenvalue weighted by Crippen LogP contribution is 2.31. The van der Waals surface area contributed by atoms with E-state index in [9.17, 15) is 23.3 Å². The van der Waals surface area contributed by atoms with Crippen molar-refractivity contribution in [3.8, 4) is 5.75 Å². The number of nitrogens with one attached hydrogen (secondary N) is 1. The van der Waals surface area contributed by atoms with Gasteiger partial charge in [0, 0.05) is 32.4 Å². The summed E-state index contributed by atoms with van der Waals surface area (Å²) in [5.74, 6) is 0.787. The maximum absolute atomic E-state index is 13.5. The number of nitrogens with zero attached hydrogens (tertiary/aromatic N) is 5. The molecular weight excluding hydrogens is 620 g/mol. The minimum atomic E-state index is -4.47. The third kappa shape index (κ3) is 7.51. The van der Waals surface area contributed by atoms with Crippen molar-refractivity contribution in [3.05, 3.63) is 111 Å². The first-order chi connectivity index (χ1) is 22.7. The molecule has 1 amide bonds. The van der Waals surface area contributed by atoms with Crippen LogP contribution in [0.15, 0.2) is 83.9 Å². The summed E-state index contributed by atoms with van der Waals surface area (Å²) in [7, 11) is -2.81. The summed E-state index contributed by atoms with van der Waals surface area (Å²) in [6.45, 7) is 2.09. The smallest absolute Gasteiger partial charge is 0.293 e. The number of hydrogen-bond acceptors (Lipinski definition) is 10. The molecule has 9 rings (SSSR count). The fraction of sp³-hybridized carbons (Fsp3) is 0.324. The number of amides is 1. The molecule has 0 saturated carbocycles. The molecule has 13 heteroatoms. The minimum absolute atomic E-state index is 0.0278. The minimum Gasteiger partial charge on any atom is -0.492 e. The molecule has 5 aliphatic rings. The van der Waals surface area contributed by atoms with E-state index in [1.807, 2.05) is 30.3 Å². The Morgan fingerprint density at radius 2 is 1.74 bits per heavy atom. The van der Waals surface area contributed by atoms with Gasteiger partial charge in [0.2, 0.25) is 5.95 Å². The van der Waals surface area contributed by atoms with E-state index in [1.165, 1.54) is 23.9 Å². The van der Waals surface area contributed by atoms with Gasteiger partial charge in [-0.1, -0.05) is 42.5 Å². The lowest BCUT2D eigenvalue weighted by Gasteiger charge is -2.32. The molecule has 1 saturated heterocycles. The van der Waals surface area contributed by atoms with Crippen molar-refractivity contribution in [1.29, 1.82) is 0 Å². The normalized spacial score (nSPS) is 17.2. The van der Waals surface area contributed by atoms with Crippen molar-refractivity contribution in [3.63, 3.8) is 0 Å². The molecule has 1 fully saturated rings. The van der Waals surface area contributed by atoms with Gasteiger partial charge in [-0.2, -0.15) is 0 Å². The van der Waals surface area contributed by atoms with Gasteiger partial charge in [0.05, 0.1) is 27.6 Å². The molecule has 3 aromatic carbocycles. The standard InChI is InChI=1S/C34H36N6O6S/c1-38-19-20-46-27-10-7-24(8-11-27)9-13-30-29(33(41)37-47(44,45)28-12-14-31(38)32(22-28)40(42)43)23-35-34(36-30)39-17-15-26(16-18-39)21-25-5-3-2-4-6-25/h2-8,10-12,14,22-23,26H,9,13,15-21H2,1H3,(H,37,41). The van der Waals surface area contributed by atoms with Crippen LogP contribution < -0.4 is 19.3 Å². The quantitative estimate of drug-likeness (QED) is 0.245. The highest BCUT2D eigenvalue weighted by molar-refractivity contribution is 7.90. The van der Waals surface area contributed by atoms with Crippen LogP contribution in [0.2, 0.25) is 0 Å². The molecule has 244 valence electrons. The number of rotatable bonds is 4. The van der Waals surface area contributed by atoms with Crippen LogP contribution in [0.1, 0.15) is 40.0 Å². The van der Waals surface area contributed by atoms with Gasteiger partial charge in [-0.05, 0) is 73.4 Å². The molecule has 0 radical (unpaired) electrons. The third-order valence-corrected chi connectivity index (χ3v) is 10.1. The molecule has 5 aliphatic heterocycles. The fourth-order valence-electron chi connectivity index (χ4n) is 6.04. The number of aromatic nitrogens is 2. The summed E-state index contributed by atoms with van der Waals surface area (Å²) in [5.41, 5.74) is 2.55. The van der Waals surface area contributed by atoms with E-state index in [-0.39, 0.29) is 17.9 Å². The van der Waals surface area contributed by atoms with Crippen LogP contribution in [0.5, 0.6) is 5.75 Å². The molecule has 12 nitrogen and oxygen atoms in total. The molecular formula is C34H36N6O6S. The van der Waals surface area contributed by atoms with E-state index < -0.39 is 31.4 Å². The second-order valence-electron chi connectivity index (χ2n) is 11.9. The van der Waals surface area contributed by atoms with Gasteiger partial charge in [0.15, 0.2) is 0 Å². The van der Waals surface area contributed by atoms with Gasteiger partial charge in [0.1, 0.15) is 18.0 Å². The van der Waals surface area contributed by atoms with Crippen LogP contribution in [0.4, 0.5) is 17.3 Å². The Balaban J connectivity index is 1.29. The number of nitro benzene ring substituents is 1. The maximum atomic E-state index is 13.5. The van der Waals surface area contributed by atoms with E-state index in [1.54, 1.807) is 11.9 Å². The molecule has 4 bridgehead atoms. The zero-order valence-corrected chi connectivity index (χ0v) is 26.9. The summed E-state index contributed by atoms with van der Waals surface area (Å²) in [4.78, 5) is 37.4. The van der Waals surface area contributed by atoms with Gasteiger partial charge in [-0.25, -0.2) is 23.1 Å². The SMILES string of the molecule is CN1CCOc2ccc(cc2)CCc2nc(N3CCC(Cc4ccccc4)CC3)ncc2C(=O)NS(=O)(=O)c2ccc1c([N+](=O)[O-])c2. The molecule has 0 spiro atoms. The largest absolute Gasteiger partial charge is 0.492 e. The molecule has 6 heterocycles. The topological polar surface area (TPSA) is 148 Å². The lowest BCUT2D eigenvalue weighted by atomic mass is 9.90. The number of anilines is 2. The van der Waals surface area contributed by atoms with E-state index in [0.29, 0.717) is 42.7 Å². The summed E-state index contributed by atoms with van der Waals surface area (Å²) < 4.78 is 34.6. The van der Waals surface area contributed by atoms with Gasteiger partial charge in [-0.15, -0.1) is 0 Å². The van der Waals surface area contributed by atoms with Crippen molar-refractivity contribution in [2.75, 3.05) is 43.1 Å². The van der Waals surface area contributed by atoms with Crippen LogP contribution in [0, 0.1) is 16.0 Å². The number of nitro groups is 1. The molecule has 1 aromatic heterocycles. The van der Waals surface area contributed by atoms with Crippen LogP contribution in [-0.2, 0) is 29.3 Å². The lowest BCUT2D eigenvalue weighted by molar-refractivity contribution is -0.384. The van der Waals surface area contributed by atoms with Crippen molar-refractivity contribution in [2.45, 2.75) is 37.0 Å². The second kappa shape index (κ2) is 13.8. The monoisotopic (exact) mass is 656 g/mol. The highest BCUT2D eigenvalue weighted by Gasteiger charge is 2.28. The van der Waals surface area contributed by atoms with E-state index in [0.717, 1.165) is 44.0 Å². The fourth-order valence-corrected chi connectivity index (χ4v) is 7.02. The molecule has 0 unspecified atom stereocenters. The number of likely N-dealkylation sites (N-methyl/N-ethyl adjacent to an activating group) is 1. The molecule has 47 heavy (non-hydrogen) atoms. The number of sulfonamides is 1. The Bertz CT molecular complexity index is 1860. The van der Waals surface area contributed by atoms with Crippen molar-refractivity contribution in [2.24, 2.45) is 5.92 Å². The van der Waals surface area contributed by atoms with Gasteiger partial charge < -0.3 is 14.5 Å². The summed E-state index contributed by atoms with van der Waals surface area (Å²) >= 11 is 0. The number of ether oxygens (including phenoxy) is 1.